The maximum Gasteiger partial charge on any atom is 0.176 e. The molecule has 0 unspecified atom stereocenters. The van der Waals surface area contributed by atoms with Gasteiger partial charge in [0.05, 0.1) is 28.3 Å². The average Bonchev–Trinajstić information content (AvgIpc) is 3.34. The van der Waals surface area contributed by atoms with Crippen molar-refractivity contribution in [2.24, 2.45) is 0 Å². The molecule has 6 nitrogen and oxygen atoms in total. The molecule has 2 aromatic carbocycles. The Hall–Kier alpha value is -3.06. The fourth-order valence-electron chi connectivity index (χ4n) is 3.00. The van der Waals surface area contributed by atoms with Gasteiger partial charge in [-0.1, -0.05) is 53.2 Å². The molecule has 2 aromatic heterocycles. The van der Waals surface area contributed by atoms with Crippen LogP contribution < -0.4 is 0 Å². The van der Waals surface area contributed by atoms with Gasteiger partial charge < -0.3 is 4.57 Å². The summed E-state index contributed by atoms with van der Waals surface area (Å²) in [4.78, 5) is 4.55. The third kappa shape index (κ3) is 3.33. The van der Waals surface area contributed by atoms with Gasteiger partial charge in [-0.15, -0.1) is 10.2 Å². The average molecular weight is 383 g/mol. The summed E-state index contributed by atoms with van der Waals surface area (Å²) < 4.78 is 16.7. The van der Waals surface area contributed by atoms with E-state index in [0.717, 1.165) is 11.1 Å². The maximum absolute atomic E-state index is 14.8. The number of imidazole rings is 1. The third-order valence-corrected chi connectivity index (χ3v) is 4.86. The number of aryl methyl sites for hydroxylation is 3. The van der Waals surface area contributed by atoms with Crippen molar-refractivity contribution in [3.05, 3.63) is 71.0 Å². The van der Waals surface area contributed by atoms with Crippen LogP contribution in [-0.2, 0) is 13.0 Å². The Balaban J connectivity index is 1.86. The highest BCUT2D eigenvalue weighted by Gasteiger charge is 2.22. The van der Waals surface area contributed by atoms with Gasteiger partial charge in [-0.2, -0.15) is 5.21 Å². The molecular weight excluding hydrogens is 367 g/mol. The Labute approximate surface area is 160 Å². The first-order valence-corrected chi connectivity index (χ1v) is 8.81. The third-order valence-electron chi connectivity index (χ3n) is 4.37. The van der Waals surface area contributed by atoms with Crippen LogP contribution in [-0.4, -0.2) is 30.2 Å². The summed E-state index contributed by atoms with van der Waals surface area (Å²) in [5, 5.41) is 14.3. The van der Waals surface area contributed by atoms with Gasteiger partial charge in [0.1, 0.15) is 5.82 Å². The predicted molar refractivity (Wildman–Crippen MR) is 101 cm³/mol. The van der Waals surface area contributed by atoms with E-state index in [1.54, 1.807) is 12.4 Å². The molecule has 0 amide bonds. The van der Waals surface area contributed by atoms with Crippen molar-refractivity contribution in [3.63, 3.8) is 0 Å². The van der Waals surface area contributed by atoms with Gasteiger partial charge in [-0.25, -0.2) is 9.37 Å². The lowest BCUT2D eigenvalue weighted by Crippen LogP contribution is -2.05. The van der Waals surface area contributed by atoms with E-state index in [4.69, 9.17) is 11.6 Å². The molecule has 0 spiro atoms. The number of nitrogens with zero attached hydrogens (tertiary/aromatic N) is 5. The highest BCUT2D eigenvalue weighted by Crippen LogP contribution is 2.38. The van der Waals surface area contributed by atoms with Crippen LogP contribution in [0.5, 0.6) is 0 Å². The summed E-state index contributed by atoms with van der Waals surface area (Å²) in [5.74, 6) is 0.191. The predicted octanol–water partition coefficient (Wildman–Crippen LogP) is 4.07. The van der Waals surface area contributed by atoms with Gasteiger partial charge in [-0.3, -0.25) is 0 Å². The van der Waals surface area contributed by atoms with Gasteiger partial charge in [0.15, 0.2) is 5.82 Å². The number of benzene rings is 2. The summed E-state index contributed by atoms with van der Waals surface area (Å²) in [6, 6.07) is 12.8. The van der Waals surface area contributed by atoms with Crippen molar-refractivity contribution in [2.75, 3.05) is 0 Å². The Kier molecular flexibility index (Phi) is 4.68. The van der Waals surface area contributed by atoms with E-state index in [1.807, 2.05) is 41.8 Å². The van der Waals surface area contributed by atoms with Crippen LogP contribution in [0.3, 0.4) is 0 Å². The number of tetrazole rings is 1. The van der Waals surface area contributed by atoms with Crippen molar-refractivity contribution in [2.45, 2.75) is 19.9 Å². The molecule has 0 radical (unpaired) electrons. The Bertz CT molecular complexity index is 1060. The van der Waals surface area contributed by atoms with E-state index < -0.39 is 0 Å². The van der Waals surface area contributed by atoms with Gasteiger partial charge >= 0.3 is 0 Å². The molecule has 0 bridgehead atoms. The molecule has 8 heteroatoms. The Morgan fingerprint density at radius 3 is 2.70 bits per heavy atom. The largest absolute Gasteiger partial charge is 0.329 e. The highest BCUT2D eigenvalue weighted by atomic mass is 35.5. The van der Waals surface area contributed by atoms with E-state index >= 15 is 0 Å². The van der Waals surface area contributed by atoms with E-state index in [2.05, 4.69) is 25.6 Å². The summed E-state index contributed by atoms with van der Waals surface area (Å²) in [5.41, 5.74) is 3.35. The fraction of sp³-hybridized carbons (Fsp3) is 0.158. The summed E-state index contributed by atoms with van der Waals surface area (Å²) in [6.45, 7) is 2.37. The summed E-state index contributed by atoms with van der Waals surface area (Å²) in [6.07, 6.45) is 2.22. The molecule has 0 fully saturated rings. The van der Waals surface area contributed by atoms with Crippen LogP contribution in [0.2, 0.25) is 5.02 Å². The maximum atomic E-state index is 14.8. The standard InChI is InChI=1S/C19H16ClFN6/c1-12-7-8-14(21)16(17(12)20)19-18(13-5-3-2-4-6-13)22-11-27(19)10-9-15-23-25-26-24-15/h2-8,11H,9-10H2,1H3,(H,23,24,25,26). The number of aromatic nitrogens is 6. The first-order valence-electron chi connectivity index (χ1n) is 8.43. The number of halogens is 2. The van der Waals surface area contributed by atoms with Gasteiger partial charge in [-0.05, 0) is 18.6 Å². The second kappa shape index (κ2) is 7.28. The van der Waals surface area contributed by atoms with Gasteiger partial charge in [0, 0.05) is 18.5 Å². The lowest BCUT2D eigenvalue weighted by Gasteiger charge is -2.14. The van der Waals surface area contributed by atoms with Crippen molar-refractivity contribution < 1.29 is 4.39 Å². The van der Waals surface area contributed by atoms with Crippen molar-refractivity contribution >= 4 is 11.6 Å². The minimum absolute atomic E-state index is 0.348. The molecule has 0 saturated carbocycles. The van der Waals surface area contributed by atoms with Crippen LogP contribution in [0, 0.1) is 12.7 Å². The molecule has 4 aromatic rings. The number of aromatic amines is 1. The topological polar surface area (TPSA) is 72.3 Å². The van der Waals surface area contributed by atoms with E-state index in [9.17, 15) is 4.39 Å². The lowest BCUT2D eigenvalue weighted by atomic mass is 10.0. The van der Waals surface area contributed by atoms with Crippen LogP contribution in [0.4, 0.5) is 4.39 Å². The quantitative estimate of drug-likeness (QED) is 0.564. The minimum atomic E-state index is -0.385. The smallest absolute Gasteiger partial charge is 0.176 e. The van der Waals surface area contributed by atoms with Crippen molar-refractivity contribution in [1.82, 2.24) is 30.2 Å². The number of H-pyrrole nitrogens is 1. The molecule has 0 aliphatic carbocycles. The number of rotatable bonds is 5. The van der Waals surface area contributed by atoms with E-state index in [1.165, 1.54) is 6.07 Å². The summed E-state index contributed by atoms with van der Waals surface area (Å²) >= 11 is 6.50. The van der Waals surface area contributed by atoms with Crippen LogP contribution in [0.25, 0.3) is 22.5 Å². The molecule has 136 valence electrons. The zero-order valence-electron chi connectivity index (χ0n) is 14.5. The zero-order valence-corrected chi connectivity index (χ0v) is 15.3. The number of nitrogens with one attached hydrogen (secondary N) is 1. The van der Waals surface area contributed by atoms with Crippen LogP contribution in [0.15, 0.2) is 48.8 Å². The summed E-state index contributed by atoms with van der Waals surface area (Å²) in [7, 11) is 0. The highest BCUT2D eigenvalue weighted by molar-refractivity contribution is 6.34. The number of hydrogen-bond acceptors (Lipinski definition) is 4. The Morgan fingerprint density at radius 2 is 1.96 bits per heavy atom. The molecule has 0 atom stereocenters. The SMILES string of the molecule is Cc1ccc(F)c(-c2c(-c3ccccc3)ncn2CCc2nn[nH]n2)c1Cl. The van der Waals surface area contributed by atoms with Crippen LogP contribution in [0.1, 0.15) is 11.4 Å². The van der Waals surface area contributed by atoms with E-state index in [0.29, 0.717) is 40.8 Å². The number of hydrogen-bond donors (Lipinski definition) is 1. The van der Waals surface area contributed by atoms with Crippen LogP contribution >= 0.6 is 11.6 Å². The van der Waals surface area contributed by atoms with Gasteiger partial charge in [0.25, 0.3) is 0 Å². The fourth-order valence-corrected chi connectivity index (χ4v) is 3.25. The normalized spacial score (nSPS) is 11.1. The molecule has 0 aliphatic heterocycles. The molecule has 0 aliphatic rings. The second-order valence-corrected chi connectivity index (χ2v) is 6.51. The lowest BCUT2D eigenvalue weighted by molar-refractivity contribution is 0.624. The van der Waals surface area contributed by atoms with Crippen molar-refractivity contribution in [1.29, 1.82) is 0 Å². The first-order chi connectivity index (χ1) is 13.1. The molecule has 0 saturated heterocycles. The monoisotopic (exact) mass is 382 g/mol. The molecule has 27 heavy (non-hydrogen) atoms. The molecular formula is C19H16ClFN6. The van der Waals surface area contributed by atoms with Gasteiger partial charge in [0.2, 0.25) is 0 Å². The zero-order chi connectivity index (χ0) is 18.8. The first kappa shape index (κ1) is 17.4. The Morgan fingerprint density at radius 1 is 1.15 bits per heavy atom. The molecule has 1 N–H and O–H groups in total. The molecule has 4 rings (SSSR count). The van der Waals surface area contributed by atoms with Crippen molar-refractivity contribution in [3.8, 4) is 22.5 Å². The second-order valence-electron chi connectivity index (χ2n) is 6.13. The molecule has 2 heterocycles. The minimum Gasteiger partial charge on any atom is -0.329 e. The van der Waals surface area contributed by atoms with E-state index in [-0.39, 0.29) is 5.82 Å².